The standard InChI is InChI=1S/C6H9N3O3/c7-5-3-4(6(11)12)8-9(5)1-2-10/h3,10H,1-2,7H2,(H,11,12). The topological polar surface area (TPSA) is 101 Å². The quantitative estimate of drug-likeness (QED) is 0.550. The van der Waals surface area contributed by atoms with Crippen LogP contribution in [0.25, 0.3) is 0 Å². The van der Waals surface area contributed by atoms with Gasteiger partial charge in [-0.15, -0.1) is 0 Å². The van der Waals surface area contributed by atoms with Gasteiger partial charge in [-0.1, -0.05) is 0 Å². The molecule has 0 fully saturated rings. The maximum absolute atomic E-state index is 10.4. The number of hydrogen-bond acceptors (Lipinski definition) is 4. The molecule has 0 aliphatic carbocycles. The van der Waals surface area contributed by atoms with Crippen LogP contribution < -0.4 is 5.73 Å². The molecule has 0 saturated heterocycles. The number of carboxylic acids is 1. The molecule has 1 heterocycles. The molecule has 1 aromatic heterocycles. The van der Waals surface area contributed by atoms with Gasteiger partial charge < -0.3 is 15.9 Å². The van der Waals surface area contributed by atoms with E-state index in [4.69, 9.17) is 15.9 Å². The van der Waals surface area contributed by atoms with E-state index >= 15 is 0 Å². The molecule has 0 spiro atoms. The van der Waals surface area contributed by atoms with Crippen molar-refractivity contribution in [1.82, 2.24) is 9.78 Å². The monoisotopic (exact) mass is 171 g/mol. The fourth-order valence-corrected chi connectivity index (χ4v) is 0.810. The summed E-state index contributed by atoms with van der Waals surface area (Å²) in [5.41, 5.74) is 5.28. The molecule has 12 heavy (non-hydrogen) atoms. The summed E-state index contributed by atoms with van der Waals surface area (Å²) >= 11 is 0. The lowest BCUT2D eigenvalue weighted by atomic mass is 10.4. The Hall–Kier alpha value is -1.56. The minimum atomic E-state index is -1.13. The Balaban J connectivity index is 2.92. The maximum Gasteiger partial charge on any atom is 0.356 e. The largest absolute Gasteiger partial charge is 0.476 e. The SMILES string of the molecule is Nc1cc(C(=O)O)nn1CCO. The van der Waals surface area contributed by atoms with E-state index in [9.17, 15) is 4.79 Å². The van der Waals surface area contributed by atoms with Crippen LogP contribution in [0.15, 0.2) is 6.07 Å². The van der Waals surface area contributed by atoms with Gasteiger partial charge in [0.25, 0.3) is 0 Å². The van der Waals surface area contributed by atoms with E-state index < -0.39 is 5.97 Å². The number of carbonyl (C=O) groups is 1. The van der Waals surface area contributed by atoms with Crippen molar-refractivity contribution in [3.63, 3.8) is 0 Å². The van der Waals surface area contributed by atoms with Gasteiger partial charge >= 0.3 is 5.97 Å². The molecule has 0 atom stereocenters. The summed E-state index contributed by atoms with van der Waals surface area (Å²) in [5, 5.41) is 20.7. The van der Waals surface area contributed by atoms with Crippen LogP contribution in [0.3, 0.4) is 0 Å². The summed E-state index contributed by atoms with van der Waals surface area (Å²) in [7, 11) is 0. The third-order valence-electron chi connectivity index (χ3n) is 1.34. The maximum atomic E-state index is 10.4. The number of aliphatic hydroxyl groups excluding tert-OH is 1. The Morgan fingerprint density at radius 2 is 2.42 bits per heavy atom. The van der Waals surface area contributed by atoms with Gasteiger partial charge in [0, 0.05) is 6.07 Å². The second kappa shape index (κ2) is 3.22. The Labute approximate surface area is 68.2 Å². The number of rotatable bonds is 3. The summed E-state index contributed by atoms with van der Waals surface area (Å²) in [6, 6.07) is 1.25. The van der Waals surface area contributed by atoms with Crippen LogP contribution in [0.1, 0.15) is 10.5 Å². The van der Waals surface area contributed by atoms with Crippen molar-refractivity contribution in [3.8, 4) is 0 Å². The molecule has 0 aromatic carbocycles. The number of anilines is 1. The van der Waals surface area contributed by atoms with Gasteiger partial charge in [0.1, 0.15) is 5.82 Å². The van der Waals surface area contributed by atoms with Gasteiger partial charge in [-0.3, -0.25) is 0 Å². The third kappa shape index (κ3) is 1.54. The van der Waals surface area contributed by atoms with E-state index in [-0.39, 0.29) is 24.7 Å². The molecule has 0 unspecified atom stereocenters. The number of aromatic nitrogens is 2. The molecule has 0 saturated carbocycles. The van der Waals surface area contributed by atoms with Crippen molar-refractivity contribution < 1.29 is 15.0 Å². The Bertz CT molecular complexity index is 294. The molecule has 4 N–H and O–H groups in total. The molecule has 0 amide bonds. The third-order valence-corrected chi connectivity index (χ3v) is 1.34. The van der Waals surface area contributed by atoms with E-state index in [1.807, 2.05) is 0 Å². The predicted molar refractivity (Wildman–Crippen MR) is 40.7 cm³/mol. The van der Waals surface area contributed by atoms with E-state index in [2.05, 4.69) is 5.10 Å². The van der Waals surface area contributed by atoms with Gasteiger partial charge in [0.15, 0.2) is 5.69 Å². The number of nitrogen functional groups attached to an aromatic ring is 1. The molecule has 6 nitrogen and oxygen atoms in total. The zero-order valence-electron chi connectivity index (χ0n) is 6.27. The zero-order chi connectivity index (χ0) is 9.14. The first-order valence-corrected chi connectivity index (χ1v) is 3.32. The summed E-state index contributed by atoms with van der Waals surface area (Å²) in [6.45, 7) is 0.0874. The minimum Gasteiger partial charge on any atom is -0.476 e. The van der Waals surface area contributed by atoms with E-state index in [1.165, 1.54) is 10.7 Å². The van der Waals surface area contributed by atoms with Crippen LogP contribution in [0.4, 0.5) is 5.82 Å². The number of carboxylic acid groups (broad SMARTS) is 1. The van der Waals surface area contributed by atoms with E-state index in [0.717, 1.165) is 0 Å². The first-order chi connectivity index (χ1) is 5.65. The van der Waals surface area contributed by atoms with Crippen LogP contribution in [-0.4, -0.2) is 32.6 Å². The molecule has 0 radical (unpaired) electrons. The van der Waals surface area contributed by atoms with Crippen LogP contribution >= 0.6 is 0 Å². The lowest BCUT2D eigenvalue weighted by molar-refractivity contribution is 0.0689. The van der Waals surface area contributed by atoms with Crippen LogP contribution in [0.5, 0.6) is 0 Å². The van der Waals surface area contributed by atoms with Crippen molar-refractivity contribution in [1.29, 1.82) is 0 Å². The number of aromatic carboxylic acids is 1. The summed E-state index contributed by atoms with van der Waals surface area (Å²) < 4.78 is 1.24. The molecule has 0 aliphatic rings. The average Bonchev–Trinajstić information content (AvgIpc) is 2.34. The predicted octanol–water partition coefficient (Wildman–Crippen LogP) is -0.844. The highest BCUT2D eigenvalue weighted by Crippen LogP contribution is 2.05. The molecular formula is C6H9N3O3. The number of nitrogens with zero attached hydrogens (tertiary/aromatic N) is 2. The van der Waals surface area contributed by atoms with Crippen LogP contribution in [-0.2, 0) is 6.54 Å². The van der Waals surface area contributed by atoms with Gasteiger partial charge in [-0.2, -0.15) is 5.10 Å². The second-order valence-corrected chi connectivity index (χ2v) is 2.21. The molecule has 66 valence electrons. The lowest BCUT2D eigenvalue weighted by Crippen LogP contribution is -2.08. The van der Waals surface area contributed by atoms with Crippen LogP contribution in [0, 0.1) is 0 Å². The smallest absolute Gasteiger partial charge is 0.356 e. The molecule has 0 aliphatic heterocycles. The molecular weight excluding hydrogens is 162 g/mol. The Kier molecular flexibility index (Phi) is 2.29. The van der Waals surface area contributed by atoms with E-state index in [0.29, 0.717) is 0 Å². The summed E-state index contributed by atoms with van der Waals surface area (Å²) in [5.74, 6) is -0.889. The first kappa shape index (κ1) is 8.54. The molecule has 1 rings (SSSR count). The average molecular weight is 171 g/mol. The van der Waals surface area contributed by atoms with Gasteiger partial charge in [-0.25, -0.2) is 9.48 Å². The van der Waals surface area contributed by atoms with Gasteiger partial charge in [0.2, 0.25) is 0 Å². The van der Waals surface area contributed by atoms with Crippen molar-refractivity contribution in [2.75, 3.05) is 12.3 Å². The van der Waals surface area contributed by atoms with Gasteiger partial charge in [0.05, 0.1) is 13.2 Å². The highest BCUT2D eigenvalue weighted by Gasteiger charge is 2.09. The highest BCUT2D eigenvalue weighted by molar-refractivity contribution is 5.86. The fourth-order valence-electron chi connectivity index (χ4n) is 0.810. The Morgan fingerprint density at radius 1 is 1.75 bits per heavy atom. The zero-order valence-corrected chi connectivity index (χ0v) is 6.27. The second-order valence-electron chi connectivity index (χ2n) is 2.21. The van der Waals surface area contributed by atoms with Crippen molar-refractivity contribution in [2.45, 2.75) is 6.54 Å². The molecule has 1 aromatic rings. The van der Waals surface area contributed by atoms with Gasteiger partial charge in [-0.05, 0) is 0 Å². The summed E-state index contributed by atoms with van der Waals surface area (Å²) in [6.07, 6.45) is 0. The normalized spacial score (nSPS) is 10.1. The van der Waals surface area contributed by atoms with E-state index in [1.54, 1.807) is 0 Å². The van der Waals surface area contributed by atoms with Crippen molar-refractivity contribution >= 4 is 11.8 Å². The first-order valence-electron chi connectivity index (χ1n) is 3.32. The molecule has 0 bridgehead atoms. The minimum absolute atomic E-state index is 0.110. The molecule has 6 heteroatoms. The van der Waals surface area contributed by atoms with Crippen molar-refractivity contribution in [3.05, 3.63) is 11.8 Å². The Morgan fingerprint density at radius 3 is 2.83 bits per heavy atom. The number of hydrogen-bond donors (Lipinski definition) is 3. The fraction of sp³-hybridized carbons (Fsp3) is 0.333. The number of aliphatic hydroxyl groups is 1. The number of nitrogens with two attached hydrogens (primary N) is 1. The van der Waals surface area contributed by atoms with Crippen molar-refractivity contribution in [2.24, 2.45) is 0 Å². The highest BCUT2D eigenvalue weighted by atomic mass is 16.4. The van der Waals surface area contributed by atoms with Crippen LogP contribution in [0.2, 0.25) is 0 Å². The lowest BCUT2D eigenvalue weighted by Gasteiger charge is -1.98. The summed E-state index contributed by atoms with van der Waals surface area (Å²) in [4.78, 5) is 10.4.